The van der Waals surface area contributed by atoms with Crippen molar-refractivity contribution in [3.8, 4) is 0 Å². The van der Waals surface area contributed by atoms with E-state index in [9.17, 15) is 4.79 Å². The summed E-state index contributed by atoms with van der Waals surface area (Å²) in [6.07, 6.45) is 1.52. The topological polar surface area (TPSA) is 78.9 Å². The predicted molar refractivity (Wildman–Crippen MR) is 119 cm³/mol. The fourth-order valence-corrected chi connectivity index (χ4v) is 3.29. The normalized spacial score (nSPS) is 10.5. The van der Waals surface area contributed by atoms with Gasteiger partial charge in [0.15, 0.2) is 0 Å². The Morgan fingerprint density at radius 1 is 0.897 bits per heavy atom. The van der Waals surface area contributed by atoms with Gasteiger partial charge in [-0.2, -0.15) is 0 Å². The van der Waals surface area contributed by atoms with E-state index in [-0.39, 0.29) is 6.03 Å². The molecule has 0 aliphatic carbocycles. The third-order valence-electron chi connectivity index (χ3n) is 4.28. The molecule has 3 N–H and O–H groups in total. The zero-order chi connectivity index (χ0) is 20.1. The molecule has 0 saturated heterocycles. The van der Waals surface area contributed by atoms with Crippen LogP contribution in [-0.4, -0.2) is 16.0 Å². The summed E-state index contributed by atoms with van der Waals surface area (Å²) >= 11 is 3.47. The molecule has 4 rings (SSSR count). The minimum Gasteiger partial charge on any atom is -0.340 e. The van der Waals surface area contributed by atoms with Crippen LogP contribution in [-0.2, 0) is 6.54 Å². The molecule has 0 saturated carbocycles. The molecule has 6 nitrogen and oxygen atoms in total. The molecule has 0 aliphatic rings. The summed E-state index contributed by atoms with van der Waals surface area (Å²) < 4.78 is 0.971. The van der Waals surface area contributed by atoms with Crippen LogP contribution in [0.4, 0.5) is 22.0 Å². The number of hydrogen-bond acceptors (Lipinski definition) is 4. The molecular formula is C22H18BrN5O. The molecule has 29 heavy (non-hydrogen) atoms. The first-order valence-corrected chi connectivity index (χ1v) is 9.83. The Balaban J connectivity index is 1.51. The highest BCUT2D eigenvalue weighted by atomic mass is 79.9. The van der Waals surface area contributed by atoms with Gasteiger partial charge >= 0.3 is 6.03 Å². The van der Waals surface area contributed by atoms with Crippen molar-refractivity contribution >= 4 is 50.1 Å². The van der Waals surface area contributed by atoms with E-state index in [1.165, 1.54) is 6.33 Å². The number of fused-ring (bicyclic) bond motifs is 1. The number of halogens is 1. The number of carbonyl (C=O) groups is 1. The number of amides is 2. The zero-order valence-corrected chi connectivity index (χ0v) is 17.0. The number of aromatic nitrogens is 2. The highest BCUT2D eigenvalue weighted by Crippen LogP contribution is 2.26. The molecule has 4 aromatic rings. The number of benzene rings is 3. The third-order valence-corrected chi connectivity index (χ3v) is 4.77. The van der Waals surface area contributed by atoms with Crippen LogP contribution in [0.5, 0.6) is 0 Å². The first kappa shape index (κ1) is 18.9. The van der Waals surface area contributed by atoms with Crippen molar-refractivity contribution in [1.29, 1.82) is 0 Å². The summed E-state index contributed by atoms with van der Waals surface area (Å²) in [7, 11) is 0. The lowest BCUT2D eigenvalue weighted by atomic mass is 10.2. The Morgan fingerprint density at radius 3 is 2.59 bits per heavy atom. The van der Waals surface area contributed by atoms with Gasteiger partial charge in [-0.1, -0.05) is 52.3 Å². The number of anilines is 3. The largest absolute Gasteiger partial charge is 0.340 e. The molecule has 3 aromatic carbocycles. The fourth-order valence-electron chi connectivity index (χ4n) is 2.89. The van der Waals surface area contributed by atoms with Crippen molar-refractivity contribution in [2.75, 3.05) is 10.6 Å². The highest BCUT2D eigenvalue weighted by Gasteiger charge is 2.08. The Hall–Kier alpha value is -3.45. The Morgan fingerprint density at radius 2 is 1.76 bits per heavy atom. The van der Waals surface area contributed by atoms with E-state index in [1.807, 2.05) is 72.8 Å². The average molecular weight is 448 g/mol. The molecular weight excluding hydrogens is 430 g/mol. The number of urea groups is 1. The van der Waals surface area contributed by atoms with Crippen molar-refractivity contribution in [2.45, 2.75) is 6.54 Å². The molecule has 2 amide bonds. The van der Waals surface area contributed by atoms with Crippen molar-refractivity contribution < 1.29 is 4.79 Å². The zero-order valence-electron chi connectivity index (χ0n) is 15.4. The van der Waals surface area contributed by atoms with E-state index in [1.54, 1.807) is 0 Å². The van der Waals surface area contributed by atoms with Crippen LogP contribution in [0.15, 0.2) is 83.6 Å². The average Bonchev–Trinajstić information content (AvgIpc) is 2.73. The highest BCUT2D eigenvalue weighted by molar-refractivity contribution is 9.10. The minimum absolute atomic E-state index is 0.272. The molecule has 1 aromatic heterocycles. The Kier molecular flexibility index (Phi) is 5.67. The van der Waals surface area contributed by atoms with Crippen molar-refractivity contribution in [3.63, 3.8) is 0 Å². The second-order valence-corrected chi connectivity index (χ2v) is 7.30. The standard InChI is InChI=1S/C22H18BrN5O/c23-16-7-4-8-17(11-16)27-21-19-12-18(9-10-20(19)25-14-26-21)28-22(29)24-13-15-5-2-1-3-6-15/h1-12,14H,13H2,(H2,24,28,29)(H,25,26,27). The molecule has 0 atom stereocenters. The van der Waals surface area contributed by atoms with E-state index in [0.717, 1.165) is 26.6 Å². The van der Waals surface area contributed by atoms with Gasteiger partial charge in [-0.05, 0) is 42.0 Å². The van der Waals surface area contributed by atoms with Gasteiger partial charge in [-0.25, -0.2) is 14.8 Å². The van der Waals surface area contributed by atoms with Crippen molar-refractivity contribution in [2.24, 2.45) is 0 Å². The van der Waals surface area contributed by atoms with Crippen LogP contribution in [0.2, 0.25) is 0 Å². The van der Waals surface area contributed by atoms with Gasteiger partial charge < -0.3 is 16.0 Å². The minimum atomic E-state index is -0.272. The first-order valence-electron chi connectivity index (χ1n) is 9.03. The molecule has 0 unspecified atom stereocenters. The van der Waals surface area contributed by atoms with Gasteiger partial charge in [-0.3, -0.25) is 0 Å². The molecule has 7 heteroatoms. The second kappa shape index (κ2) is 8.70. The molecule has 0 spiro atoms. The van der Waals surface area contributed by atoms with E-state index in [0.29, 0.717) is 18.1 Å². The summed E-state index contributed by atoms with van der Waals surface area (Å²) in [6.45, 7) is 0.457. The van der Waals surface area contributed by atoms with E-state index in [2.05, 4.69) is 41.8 Å². The lowest BCUT2D eigenvalue weighted by molar-refractivity contribution is 0.251. The van der Waals surface area contributed by atoms with Gasteiger partial charge in [0.1, 0.15) is 12.1 Å². The summed E-state index contributed by atoms with van der Waals surface area (Å²) in [5.41, 5.74) is 3.39. The predicted octanol–water partition coefficient (Wildman–Crippen LogP) is 5.46. The number of nitrogens with zero attached hydrogens (tertiary/aromatic N) is 2. The number of carbonyl (C=O) groups excluding carboxylic acids is 1. The van der Waals surface area contributed by atoms with Gasteiger partial charge in [0.25, 0.3) is 0 Å². The molecule has 0 fully saturated rings. The van der Waals surface area contributed by atoms with Gasteiger partial charge in [0.05, 0.1) is 5.52 Å². The molecule has 0 aliphatic heterocycles. The van der Waals surface area contributed by atoms with Crippen LogP contribution in [0.25, 0.3) is 10.9 Å². The number of nitrogens with one attached hydrogen (secondary N) is 3. The summed E-state index contributed by atoms with van der Waals surface area (Å²) in [4.78, 5) is 20.9. The fraction of sp³-hybridized carbons (Fsp3) is 0.0455. The smallest absolute Gasteiger partial charge is 0.319 e. The monoisotopic (exact) mass is 447 g/mol. The van der Waals surface area contributed by atoms with Crippen LogP contribution < -0.4 is 16.0 Å². The third kappa shape index (κ3) is 4.89. The maximum Gasteiger partial charge on any atom is 0.319 e. The maximum atomic E-state index is 12.3. The Labute approximate surface area is 176 Å². The number of rotatable bonds is 5. The lowest BCUT2D eigenvalue weighted by Gasteiger charge is -2.11. The van der Waals surface area contributed by atoms with Gasteiger partial charge in [0.2, 0.25) is 0 Å². The van der Waals surface area contributed by atoms with E-state index in [4.69, 9.17) is 0 Å². The first-order chi connectivity index (χ1) is 14.2. The molecule has 0 bridgehead atoms. The van der Waals surface area contributed by atoms with E-state index < -0.39 is 0 Å². The van der Waals surface area contributed by atoms with E-state index >= 15 is 0 Å². The van der Waals surface area contributed by atoms with Crippen LogP contribution >= 0.6 is 15.9 Å². The SMILES string of the molecule is O=C(NCc1ccccc1)Nc1ccc2ncnc(Nc3cccc(Br)c3)c2c1. The van der Waals surface area contributed by atoms with Gasteiger partial charge in [0, 0.05) is 27.8 Å². The quantitative estimate of drug-likeness (QED) is 0.379. The van der Waals surface area contributed by atoms with Crippen LogP contribution in [0, 0.1) is 0 Å². The summed E-state index contributed by atoms with van der Waals surface area (Å²) in [5.74, 6) is 0.668. The molecule has 144 valence electrons. The van der Waals surface area contributed by atoms with Crippen molar-refractivity contribution in [1.82, 2.24) is 15.3 Å². The maximum absolute atomic E-state index is 12.3. The van der Waals surface area contributed by atoms with Crippen molar-refractivity contribution in [3.05, 3.63) is 89.2 Å². The molecule has 1 heterocycles. The molecule has 0 radical (unpaired) electrons. The Bertz CT molecular complexity index is 1150. The van der Waals surface area contributed by atoms with Crippen LogP contribution in [0.1, 0.15) is 5.56 Å². The second-order valence-electron chi connectivity index (χ2n) is 6.38. The van der Waals surface area contributed by atoms with Gasteiger partial charge in [-0.15, -0.1) is 0 Å². The summed E-state index contributed by atoms with van der Waals surface area (Å²) in [6, 6.07) is 22.8. The lowest BCUT2D eigenvalue weighted by Crippen LogP contribution is -2.28. The van der Waals surface area contributed by atoms with Crippen LogP contribution in [0.3, 0.4) is 0 Å². The number of hydrogen-bond donors (Lipinski definition) is 3. The summed E-state index contributed by atoms with van der Waals surface area (Å²) in [5, 5.41) is 9.84.